The minimum atomic E-state index is 0.933. The maximum atomic E-state index is 4.62. The van der Waals surface area contributed by atoms with Crippen LogP contribution in [0.15, 0.2) is 40.9 Å². The second-order valence-corrected chi connectivity index (χ2v) is 6.46. The van der Waals surface area contributed by atoms with Crippen molar-refractivity contribution in [3.05, 3.63) is 52.0 Å². The van der Waals surface area contributed by atoms with Crippen LogP contribution in [0.3, 0.4) is 0 Å². The normalized spacial score (nSPS) is 10.9. The molecule has 0 bridgehead atoms. The van der Waals surface area contributed by atoms with Crippen LogP contribution < -0.4 is 5.32 Å². The third-order valence-corrected chi connectivity index (χ3v) is 4.79. The lowest BCUT2D eigenvalue weighted by Gasteiger charge is -2.04. The van der Waals surface area contributed by atoms with Gasteiger partial charge in [0.15, 0.2) is 5.13 Å². The van der Waals surface area contributed by atoms with E-state index in [0.29, 0.717) is 0 Å². The number of fused-ring (bicyclic) bond motifs is 1. The van der Waals surface area contributed by atoms with Gasteiger partial charge in [0, 0.05) is 10.2 Å². The summed E-state index contributed by atoms with van der Waals surface area (Å²) in [7, 11) is 0. The highest BCUT2D eigenvalue weighted by Gasteiger charge is 2.05. The van der Waals surface area contributed by atoms with Crippen molar-refractivity contribution in [3.8, 4) is 0 Å². The molecule has 0 aliphatic heterocycles. The van der Waals surface area contributed by atoms with Gasteiger partial charge in [0.25, 0.3) is 0 Å². The van der Waals surface area contributed by atoms with Gasteiger partial charge in [-0.1, -0.05) is 33.3 Å². The Kier molecular flexibility index (Phi) is 3.29. The summed E-state index contributed by atoms with van der Waals surface area (Å²) in [6, 6.07) is 12.6. The van der Waals surface area contributed by atoms with Crippen LogP contribution in [0.4, 0.5) is 10.8 Å². The minimum absolute atomic E-state index is 0.933. The van der Waals surface area contributed by atoms with Gasteiger partial charge in [-0.05, 0) is 55.3 Å². The van der Waals surface area contributed by atoms with Gasteiger partial charge in [0.2, 0.25) is 0 Å². The predicted octanol–water partition coefficient (Wildman–Crippen LogP) is 5.42. The van der Waals surface area contributed by atoms with Gasteiger partial charge in [-0.2, -0.15) is 0 Å². The Labute approximate surface area is 124 Å². The molecule has 1 N–H and O–H groups in total. The van der Waals surface area contributed by atoms with E-state index >= 15 is 0 Å². The van der Waals surface area contributed by atoms with E-state index in [9.17, 15) is 0 Å². The van der Waals surface area contributed by atoms with Crippen LogP contribution in [-0.4, -0.2) is 4.98 Å². The highest BCUT2D eigenvalue weighted by atomic mass is 79.9. The fourth-order valence-electron chi connectivity index (χ4n) is 1.94. The Morgan fingerprint density at radius 1 is 1.11 bits per heavy atom. The number of hydrogen-bond acceptors (Lipinski definition) is 3. The second-order valence-electron chi connectivity index (χ2n) is 4.58. The summed E-state index contributed by atoms with van der Waals surface area (Å²) in [4.78, 5) is 4.62. The summed E-state index contributed by atoms with van der Waals surface area (Å²) in [5, 5.41) is 4.30. The summed E-state index contributed by atoms with van der Waals surface area (Å²) in [5.74, 6) is 0. The Hall–Kier alpha value is -1.39. The Balaban J connectivity index is 1.94. The SMILES string of the molecule is Cc1ccc2sc(Nc3ccc(Br)c(C)c3)nc2c1. The standard InChI is InChI=1S/C15H13BrN2S/c1-9-3-6-14-13(7-9)18-15(19-14)17-11-4-5-12(16)10(2)8-11/h3-8H,1-2H3,(H,17,18). The first-order valence-electron chi connectivity index (χ1n) is 6.02. The lowest BCUT2D eigenvalue weighted by Crippen LogP contribution is -1.89. The molecule has 1 aromatic heterocycles. The van der Waals surface area contributed by atoms with Crippen LogP contribution in [0, 0.1) is 13.8 Å². The topological polar surface area (TPSA) is 24.9 Å². The average molecular weight is 333 g/mol. The number of thiazole rings is 1. The van der Waals surface area contributed by atoms with E-state index in [1.807, 2.05) is 0 Å². The van der Waals surface area contributed by atoms with Gasteiger partial charge in [-0.3, -0.25) is 0 Å². The third kappa shape index (κ3) is 2.65. The van der Waals surface area contributed by atoms with E-state index in [4.69, 9.17) is 0 Å². The van der Waals surface area contributed by atoms with Crippen molar-refractivity contribution < 1.29 is 0 Å². The van der Waals surface area contributed by atoms with Crippen LogP contribution in [0.25, 0.3) is 10.2 Å². The Morgan fingerprint density at radius 3 is 2.74 bits per heavy atom. The second kappa shape index (κ2) is 4.94. The molecule has 1 heterocycles. The quantitative estimate of drug-likeness (QED) is 0.677. The Bertz CT molecular complexity index is 749. The number of hydrogen-bond donors (Lipinski definition) is 1. The lowest BCUT2D eigenvalue weighted by atomic mass is 10.2. The highest BCUT2D eigenvalue weighted by Crippen LogP contribution is 2.30. The highest BCUT2D eigenvalue weighted by molar-refractivity contribution is 9.10. The molecule has 0 saturated carbocycles. The largest absolute Gasteiger partial charge is 0.332 e. The first-order chi connectivity index (χ1) is 9.11. The van der Waals surface area contributed by atoms with Crippen molar-refractivity contribution in [3.63, 3.8) is 0 Å². The number of nitrogens with zero attached hydrogens (tertiary/aromatic N) is 1. The molecule has 0 unspecified atom stereocenters. The molecule has 2 aromatic carbocycles. The summed E-state index contributed by atoms with van der Waals surface area (Å²) in [6.45, 7) is 4.17. The number of rotatable bonds is 2. The Morgan fingerprint density at radius 2 is 1.95 bits per heavy atom. The molecule has 0 aliphatic carbocycles. The van der Waals surface area contributed by atoms with Crippen LogP contribution >= 0.6 is 27.3 Å². The smallest absolute Gasteiger partial charge is 0.188 e. The number of aryl methyl sites for hydroxylation is 2. The van der Waals surface area contributed by atoms with Crippen LogP contribution in [0.2, 0.25) is 0 Å². The number of nitrogens with one attached hydrogen (secondary N) is 1. The lowest BCUT2D eigenvalue weighted by molar-refractivity contribution is 1.39. The zero-order valence-electron chi connectivity index (χ0n) is 10.7. The van der Waals surface area contributed by atoms with Gasteiger partial charge in [0.1, 0.15) is 0 Å². The van der Waals surface area contributed by atoms with Crippen molar-refractivity contribution >= 4 is 48.3 Å². The number of benzene rings is 2. The van der Waals surface area contributed by atoms with E-state index in [-0.39, 0.29) is 0 Å². The first kappa shape index (κ1) is 12.6. The molecule has 0 fully saturated rings. The zero-order chi connectivity index (χ0) is 13.4. The van der Waals surface area contributed by atoms with Gasteiger partial charge < -0.3 is 5.32 Å². The minimum Gasteiger partial charge on any atom is -0.332 e. The fourth-order valence-corrected chi connectivity index (χ4v) is 3.05. The zero-order valence-corrected chi connectivity index (χ0v) is 13.1. The molecule has 0 atom stereocenters. The maximum Gasteiger partial charge on any atom is 0.188 e. The summed E-state index contributed by atoms with van der Waals surface area (Å²) >= 11 is 5.19. The van der Waals surface area contributed by atoms with Crippen LogP contribution in [-0.2, 0) is 0 Å². The van der Waals surface area contributed by atoms with Gasteiger partial charge in [0.05, 0.1) is 10.2 Å². The molecule has 4 heteroatoms. The van der Waals surface area contributed by atoms with E-state index < -0.39 is 0 Å². The fraction of sp³-hybridized carbons (Fsp3) is 0.133. The van der Waals surface area contributed by atoms with E-state index in [1.54, 1.807) is 11.3 Å². The molecule has 19 heavy (non-hydrogen) atoms. The summed E-state index contributed by atoms with van der Waals surface area (Å²) in [6.07, 6.45) is 0. The van der Waals surface area contributed by atoms with Crippen LogP contribution in [0.1, 0.15) is 11.1 Å². The molecule has 0 amide bonds. The number of halogens is 1. The molecule has 3 aromatic rings. The third-order valence-electron chi connectivity index (χ3n) is 2.95. The monoisotopic (exact) mass is 332 g/mol. The predicted molar refractivity (Wildman–Crippen MR) is 86.5 cm³/mol. The van der Waals surface area contributed by atoms with Crippen molar-refractivity contribution in [1.29, 1.82) is 0 Å². The van der Waals surface area contributed by atoms with Gasteiger partial charge in [-0.15, -0.1) is 0 Å². The molecule has 0 saturated heterocycles. The van der Waals surface area contributed by atoms with Crippen molar-refractivity contribution in [2.45, 2.75) is 13.8 Å². The average Bonchev–Trinajstić information content (AvgIpc) is 2.75. The van der Waals surface area contributed by atoms with E-state index in [2.05, 4.69) is 76.5 Å². The molecule has 3 rings (SSSR count). The molecule has 0 radical (unpaired) electrons. The summed E-state index contributed by atoms with van der Waals surface area (Å²) < 4.78 is 2.33. The summed E-state index contributed by atoms with van der Waals surface area (Å²) in [5.41, 5.74) is 4.57. The van der Waals surface area contributed by atoms with Crippen molar-refractivity contribution in [2.75, 3.05) is 5.32 Å². The van der Waals surface area contributed by atoms with E-state index in [0.717, 1.165) is 20.8 Å². The molecule has 2 nitrogen and oxygen atoms in total. The molecule has 0 aliphatic rings. The molecule has 96 valence electrons. The maximum absolute atomic E-state index is 4.62. The van der Waals surface area contributed by atoms with Crippen molar-refractivity contribution in [2.24, 2.45) is 0 Å². The molecule has 0 spiro atoms. The van der Waals surface area contributed by atoms with E-state index in [1.165, 1.54) is 15.8 Å². The van der Waals surface area contributed by atoms with Crippen molar-refractivity contribution in [1.82, 2.24) is 4.98 Å². The van der Waals surface area contributed by atoms with Crippen LogP contribution in [0.5, 0.6) is 0 Å². The number of aromatic nitrogens is 1. The van der Waals surface area contributed by atoms with Gasteiger partial charge in [-0.25, -0.2) is 4.98 Å². The molecular weight excluding hydrogens is 320 g/mol. The first-order valence-corrected chi connectivity index (χ1v) is 7.63. The number of anilines is 2. The van der Waals surface area contributed by atoms with Gasteiger partial charge >= 0.3 is 0 Å². The molecular formula is C15H13BrN2S.